The van der Waals surface area contributed by atoms with Gasteiger partial charge in [0.2, 0.25) is 5.82 Å². The molecule has 0 aliphatic rings. The number of amides is 1. The van der Waals surface area contributed by atoms with Crippen molar-refractivity contribution in [3.8, 4) is 0 Å². The molecule has 0 fully saturated rings. The van der Waals surface area contributed by atoms with Crippen molar-refractivity contribution >= 4 is 23.2 Å². The SMILES string of the molecule is CN(CCCl)C(=O)c1cc(F)cc([N+](=O)[O-])c1F. The third-order valence-corrected chi connectivity index (χ3v) is 2.38. The number of alkyl halides is 1. The average Bonchev–Trinajstić information content (AvgIpc) is 2.30. The Bertz CT molecular complexity index is 496. The van der Waals surface area contributed by atoms with Crippen LogP contribution in [0.4, 0.5) is 14.5 Å². The Kier molecular flexibility index (Phi) is 4.55. The van der Waals surface area contributed by atoms with Gasteiger partial charge in [-0.3, -0.25) is 14.9 Å². The van der Waals surface area contributed by atoms with Crippen LogP contribution in [0.2, 0.25) is 0 Å². The molecule has 0 saturated heterocycles. The van der Waals surface area contributed by atoms with Crippen LogP contribution in [0.15, 0.2) is 12.1 Å². The Labute approximate surface area is 106 Å². The van der Waals surface area contributed by atoms with Crippen molar-refractivity contribution in [3.63, 3.8) is 0 Å². The van der Waals surface area contributed by atoms with Crippen molar-refractivity contribution in [2.24, 2.45) is 0 Å². The van der Waals surface area contributed by atoms with Gasteiger partial charge in [-0.2, -0.15) is 4.39 Å². The summed E-state index contributed by atoms with van der Waals surface area (Å²) in [6.07, 6.45) is 0. The number of nitro groups is 1. The number of carbonyl (C=O) groups excluding carboxylic acids is 1. The largest absolute Gasteiger partial charge is 0.340 e. The standard InChI is InChI=1S/C10H9ClF2N2O3/c1-14(3-2-11)10(16)7-4-6(12)5-8(9(7)13)15(17)18/h4-5H,2-3H2,1H3. The highest BCUT2D eigenvalue weighted by Gasteiger charge is 2.25. The number of hydrogen-bond donors (Lipinski definition) is 0. The predicted octanol–water partition coefficient (Wildman–Crippen LogP) is 2.18. The van der Waals surface area contributed by atoms with Gasteiger partial charge in [0.25, 0.3) is 5.91 Å². The van der Waals surface area contributed by atoms with E-state index in [9.17, 15) is 23.7 Å². The Morgan fingerprint density at radius 1 is 1.50 bits per heavy atom. The fraction of sp³-hybridized carbons (Fsp3) is 0.300. The molecule has 0 bridgehead atoms. The lowest BCUT2D eigenvalue weighted by atomic mass is 10.1. The molecule has 0 saturated carbocycles. The first-order valence-corrected chi connectivity index (χ1v) is 5.36. The lowest BCUT2D eigenvalue weighted by Gasteiger charge is -2.15. The molecule has 0 aliphatic heterocycles. The Morgan fingerprint density at radius 2 is 2.11 bits per heavy atom. The molecule has 0 radical (unpaired) electrons. The topological polar surface area (TPSA) is 63.5 Å². The number of nitrogens with zero attached hydrogens (tertiary/aromatic N) is 2. The van der Waals surface area contributed by atoms with Gasteiger partial charge in [0, 0.05) is 19.5 Å². The Balaban J connectivity index is 3.24. The molecule has 1 aromatic carbocycles. The van der Waals surface area contributed by atoms with E-state index in [-0.39, 0.29) is 12.4 Å². The Hall–Kier alpha value is -1.76. The van der Waals surface area contributed by atoms with Crippen LogP contribution >= 0.6 is 11.6 Å². The molecule has 1 amide bonds. The summed E-state index contributed by atoms with van der Waals surface area (Å²) in [6.45, 7) is 0.115. The summed E-state index contributed by atoms with van der Waals surface area (Å²) in [5.41, 5.74) is -1.76. The zero-order valence-corrected chi connectivity index (χ0v) is 10.1. The van der Waals surface area contributed by atoms with Crippen molar-refractivity contribution in [1.29, 1.82) is 0 Å². The first-order valence-electron chi connectivity index (χ1n) is 4.83. The van der Waals surface area contributed by atoms with Gasteiger partial charge in [0.15, 0.2) is 0 Å². The van der Waals surface area contributed by atoms with Crippen LogP contribution in [-0.2, 0) is 0 Å². The summed E-state index contributed by atoms with van der Waals surface area (Å²) in [4.78, 5) is 22.2. The molecule has 0 heterocycles. The number of hydrogen-bond acceptors (Lipinski definition) is 3. The number of benzene rings is 1. The molecule has 0 N–H and O–H groups in total. The van der Waals surface area contributed by atoms with Crippen molar-refractivity contribution < 1.29 is 18.5 Å². The predicted molar refractivity (Wildman–Crippen MR) is 60.7 cm³/mol. The molecule has 5 nitrogen and oxygen atoms in total. The summed E-state index contributed by atoms with van der Waals surface area (Å²) in [7, 11) is 1.33. The zero-order valence-electron chi connectivity index (χ0n) is 9.32. The van der Waals surface area contributed by atoms with Gasteiger partial charge >= 0.3 is 5.69 Å². The average molecular weight is 279 g/mol. The smallest absolute Gasteiger partial charge is 0.308 e. The first-order chi connectivity index (χ1) is 8.38. The lowest BCUT2D eigenvalue weighted by molar-refractivity contribution is -0.387. The van der Waals surface area contributed by atoms with E-state index in [4.69, 9.17) is 11.6 Å². The van der Waals surface area contributed by atoms with Crippen LogP contribution in [-0.4, -0.2) is 35.2 Å². The van der Waals surface area contributed by atoms with Gasteiger partial charge in [-0.25, -0.2) is 4.39 Å². The normalized spacial score (nSPS) is 10.2. The van der Waals surface area contributed by atoms with Gasteiger partial charge in [-0.05, 0) is 6.07 Å². The van der Waals surface area contributed by atoms with E-state index in [0.717, 1.165) is 4.90 Å². The van der Waals surface area contributed by atoms with Gasteiger partial charge in [-0.1, -0.05) is 0 Å². The maximum atomic E-state index is 13.7. The molecule has 0 aromatic heterocycles. The van der Waals surface area contributed by atoms with E-state index in [1.165, 1.54) is 7.05 Å². The second-order valence-electron chi connectivity index (χ2n) is 3.46. The number of carbonyl (C=O) groups is 1. The highest BCUT2D eigenvalue weighted by Crippen LogP contribution is 2.23. The van der Waals surface area contributed by atoms with Crippen molar-refractivity contribution in [1.82, 2.24) is 4.90 Å². The molecule has 0 aliphatic carbocycles. The van der Waals surface area contributed by atoms with Crippen LogP contribution in [0.3, 0.4) is 0 Å². The minimum Gasteiger partial charge on any atom is -0.340 e. The van der Waals surface area contributed by atoms with Crippen LogP contribution in [0.1, 0.15) is 10.4 Å². The van der Waals surface area contributed by atoms with E-state index in [2.05, 4.69) is 0 Å². The molecular weight excluding hydrogens is 270 g/mol. The monoisotopic (exact) mass is 278 g/mol. The van der Waals surface area contributed by atoms with Crippen molar-refractivity contribution in [2.75, 3.05) is 19.5 Å². The maximum Gasteiger partial charge on any atom is 0.308 e. The molecule has 1 aromatic rings. The van der Waals surface area contributed by atoms with Gasteiger partial charge < -0.3 is 4.90 Å². The van der Waals surface area contributed by atoms with Crippen molar-refractivity contribution in [3.05, 3.63) is 39.4 Å². The lowest BCUT2D eigenvalue weighted by Crippen LogP contribution is -2.29. The van der Waals surface area contributed by atoms with Crippen LogP contribution in [0, 0.1) is 21.7 Å². The molecule has 0 atom stereocenters. The van der Waals surface area contributed by atoms with Crippen LogP contribution < -0.4 is 0 Å². The zero-order chi connectivity index (χ0) is 13.9. The molecule has 0 unspecified atom stereocenters. The summed E-state index contributed by atoms with van der Waals surface area (Å²) < 4.78 is 26.8. The summed E-state index contributed by atoms with van der Waals surface area (Å²) in [5.74, 6) is -3.16. The van der Waals surface area contributed by atoms with Crippen LogP contribution in [0.25, 0.3) is 0 Å². The number of halogens is 3. The molecule has 0 spiro atoms. The Morgan fingerprint density at radius 3 is 2.61 bits per heavy atom. The second-order valence-corrected chi connectivity index (χ2v) is 3.84. The molecule has 98 valence electrons. The quantitative estimate of drug-likeness (QED) is 0.482. The van der Waals surface area contributed by atoms with E-state index >= 15 is 0 Å². The third-order valence-electron chi connectivity index (χ3n) is 2.21. The number of rotatable bonds is 4. The van der Waals surface area contributed by atoms with Gasteiger partial charge in [0.1, 0.15) is 5.82 Å². The molecular formula is C10H9ClF2N2O3. The molecule has 18 heavy (non-hydrogen) atoms. The maximum absolute atomic E-state index is 13.7. The fourth-order valence-corrected chi connectivity index (χ4v) is 1.55. The second kappa shape index (κ2) is 5.72. The minimum absolute atomic E-state index is 0.112. The minimum atomic E-state index is -1.35. The van der Waals surface area contributed by atoms with E-state index in [1.807, 2.05) is 0 Å². The highest BCUT2D eigenvalue weighted by molar-refractivity contribution is 6.18. The van der Waals surface area contributed by atoms with E-state index < -0.39 is 33.7 Å². The van der Waals surface area contributed by atoms with Gasteiger partial charge in [-0.15, -0.1) is 11.6 Å². The fourth-order valence-electron chi connectivity index (χ4n) is 1.30. The van der Waals surface area contributed by atoms with Crippen LogP contribution in [0.5, 0.6) is 0 Å². The van der Waals surface area contributed by atoms with Gasteiger partial charge in [0.05, 0.1) is 16.6 Å². The highest BCUT2D eigenvalue weighted by atomic mass is 35.5. The third kappa shape index (κ3) is 2.92. The summed E-state index contributed by atoms with van der Waals surface area (Å²) in [6, 6.07) is 1.04. The summed E-state index contributed by atoms with van der Waals surface area (Å²) in [5, 5.41) is 10.5. The summed E-state index contributed by atoms with van der Waals surface area (Å²) >= 11 is 5.41. The molecule has 8 heteroatoms. The molecule has 1 rings (SSSR count). The first kappa shape index (κ1) is 14.3. The van der Waals surface area contributed by atoms with Crippen molar-refractivity contribution in [2.45, 2.75) is 0 Å². The number of nitro benzene ring substituents is 1. The van der Waals surface area contributed by atoms with E-state index in [1.54, 1.807) is 0 Å². The van der Waals surface area contributed by atoms with E-state index in [0.29, 0.717) is 12.1 Å².